The summed E-state index contributed by atoms with van der Waals surface area (Å²) in [6, 6.07) is 31.8. The molecule has 1 aliphatic carbocycles. The zero-order valence-electron chi connectivity index (χ0n) is 38.9. The second-order valence-electron chi connectivity index (χ2n) is 19.2. The highest BCUT2D eigenvalue weighted by Crippen LogP contribution is 2.51. The quantitative estimate of drug-likeness (QED) is 0.0796. The number of aryl methyl sites for hydroxylation is 2. The Morgan fingerprint density at radius 3 is 2.35 bits per heavy atom. The van der Waals surface area contributed by atoms with Crippen LogP contribution in [0.2, 0.25) is 0 Å². The van der Waals surface area contributed by atoms with Crippen LogP contribution >= 0.6 is 0 Å². The standard InChI is InChI=1S/C56H62N2O6S/c1-8-9-34-57-47-29-22-43-36-37(2)17-27-46(43)53(47)55(4,5)49(57)30-23-41-14-12-15-42(54(41)64-44-25-18-39(19-26-44)20-32-51(59)60)24-31-50-56(6,7)52-45-16-11-10-13-40(45)21-28-48(52)58(50)35-33-38(3)65(61,62)63/h10-11,13,16-19,21-31,36,38H,8-9,12,14-15,20,32-35H2,1-7H3,(H-,59,60,61,62,63)/p+1. The minimum absolute atomic E-state index is 0.0629. The predicted octanol–water partition coefficient (Wildman–Crippen LogP) is 12.8. The van der Waals surface area contributed by atoms with Crippen molar-refractivity contribution in [3.05, 3.63) is 160 Å². The first-order chi connectivity index (χ1) is 31.0. The minimum atomic E-state index is -4.21. The summed E-state index contributed by atoms with van der Waals surface area (Å²) in [5, 5.41) is 13.2. The second kappa shape index (κ2) is 18.2. The lowest BCUT2D eigenvalue weighted by molar-refractivity contribution is -0.438. The Kier molecular flexibility index (Phi) is 12.9. The topological polar surface area (TPSA) is 107 Å². The number of allylic oxidation sites excluding steroid dienone is 7. The first-order valence-corrected chi connectivity index (χ1v) is 24.8. The number of fused-ring (bicyclic) bond motifs is 6. The summed E-state index contributed by atoms with van der Waals surface area (Å²) in [6.07, 6.45) is 14.5. The van der Waals surface area contributed by atoms with E-state index in [9.17, 15) is 22.9 Å². The fourth-order valence-corrected chi connectivity index (χ4v) is 10.7. The number of hydrogen-bond donors (Lipinski definition) is 2. The second-order valence-corrected chi connectivity index (χ2v) is 21.0. The van der Waals surface area contributed by atoms with E-state index in [1.807, 2.05) is 30.3 Å². The molecule has 1 unspecified atom stereocenters. The fraction of sp³-hybridized carbons (Fsp3) is 0.357. The van der Waals surface area contributed by atoms with Gasteiger partial charge in [0.05, 0.1) is 10.7 Å². The van der Waals surface area contributed by atoms with Gasteiger partial charge in [0.15, 0.2) is 12.3 Å². The van der Waals surface area contributed by atoms with Crippen LogP contribution in [0.25, 0.3) is 21.5 Å². The number of anilines is 1. The van der Waals surface area contributed by atoms with E-state index in [1.165, 1.54) is 38.8 Å². The predicted molar refractivity (Wildman–Crippen MR) is 266 cm³/mol. The van der Waals surface area contributed by atoms with Gasteiger partial charge in [0.25, 0.3) is 10.1 Å². The molecule has 0 radical (unpaired) electrons. The number of hydrogen-bond acceptors (Lipinski definition) is 5. The number of carboxylic acid groups (broad SMARTS) is 1. The third-order valence-corrected chi connectivity index (χ3v) is 15.1. The van der Waals surface area contributed by atoms with Gasteiger partial charge in [-0.25, -0.2) is 0 Å². The maximum Gasteiger partial charge on any atom is 0.303 e. The molecule has 8 nitrogen and oxygen atoms in total. The van der Waals surface area contributed by atoms with Crippen molar-refractivity contribution in [2.75, 3.05) is 18.0 Å². The molecule has 338 valence electrons. The molecule has 5 aromatic carbocycles. The Morgan fingerprint density at radius 1 is 0.877 bits per heavy atom. The number of aliphatic carboxylic acids is 1. The molecular weight excluding hydrogens is 829 g/mol. The van der Waals surface area contributed by atoms with Gasteiger partial charge >= 0.3 is 5.97 Å². The molecule has 0 amide bonds. The van der Waals surface area contributed by atoms with Gasteiger partial charge in [-0.05, 0) is 140 Å². The normalized spacial score (nSPS) is 18.7. The van der Waals surface area contributed by atoms with Crippen molar-refractivity contribution in [1.82, 2.24) is 0 Å². The van der Waals surface area contributed by atoms with Gasteiger partial charge < -0.3 is 14.7 Å². The Balaban J connectivity index is 1.25. The van der Waals surface area contributed by atoms with Crippen molar-refractivity contribution in [3.8, 4) is 5.75 Å². The summed E-state index contributed by atoms with van der Waals surface area (Å²) in [4.78, 5) is 13.9. The molecule has 2 N–H and O–H groups in total. The summed E-state index contributed by atoms with van der Waals surface area (Å²) >= 11 is 0. The lowest BCUT2D eigenvalue weighted by Gasteiger charge is -2.27. The summed E-state index contributed by atoms with van der Waals surface area (Å²) in [6.45, 7) is 16.4. The highest BCUT2D eigenvalue weighted by atomic mass is 32.2. The fourth-order valence-electron chi connectivity index (χ4n) is 10.3. The first-order valence-electron chi connectivity index (χ1n) is 23.3. The zero-order valence-corrected chi connectivity index (χ0v) is 39.8. The Bertz CT molecular complexity index is 2950. The molecule has 3 aliphatic rings. The smallest absolute Gasteiger partial charge is 0.303 e. The number of nitrogens with zero attached hydrogens (tertiary/aromatic N) is 2. The van der Waals surface area contributed by atoms with Crippen LogP contribution < -0.4 is 9.64 Å². The van der Waals surface area contributed by atoms with Crippen LogP contribution in [0.1, 0.15) is 109 Å². The van der Waals surface area contributed by atoms with Gasteiger partial charge in [0.1, 0.15) is 11.5 Å². The van der Waals surface area contributed by atoms with Crippen LogP contribution in [0, 0.1) is 6.92 Å². The van der Waals surface area contributed by atoms with Gasteiger partial charge in [-0.3, -0.25) is 9.35 Å². The van der Waals surface area contributed by atoms with Crippen LogP contribution in [0.5, 0.6) is 5.75 Å². The van der Waals surface area contributed by atoms with Gasteiger partial charge in [-0.2, -0.15) is 13.0 Å². The number of carbonyl (C=O) groups is 1. The summed E-state index contributed by atoms with van der Waals surface area (Å²) in [5.41, 5.74) is 10.8. The van der Waals surface area contributed by atoms with E-state index in [0.29, 0.717) is 18.7 Å². The molecule has 0 fully saturated rings. The molecule has 65 heavy (non-hydrogen) atoms. The van der Waals surface area contributed by atoms with Crippen molar-refractivity contribution < 1.29 is 32.2 Å². The molecule has 0 saturated carbocycles. The van der Waals surface area contributed by atoms with Crippen molar-refractivity contribution in [1.29, 1.82) is 0 Å². The van der Waals surface area contributed by atoms with E-state index < -0.39 is 26.8 Å². The number of rotatable bonds is 15. The van der Waals surface area contributed by atoms with E-state index in [2.05, 4.69) is 136 Å². The molecule has 9 heteroatoms. The number of ether oxygens (including phenoxy) is 1. The first kappa shape index (κ1) is 45.8. The molecule has 0 bridgehead atoms. The average Bonchev–Trinajstić information content (AvgIpc) is 3.63. The molecule has 0 spiro atoms. The highest BCUT2D eigenvalue weighted by molar-refractivity contribution is 7.86. The van der Waals surface area contributed by atoms with Crippen molar-refractivity contribution >= 4 is 54.7 Å². The Morgan fingerprint density at radius 2 is 1.62 bits per heavy atom. The van der Waals surface area contributed by atoms with E-state index in [4.69, 9.17) is 4.74 Å². The van der Waals surface area contributed by atoms with E-state index in [-0.39, 0.29) is 18.3 Å². The van der Waals surface area contributed by atoms with Crippen molar-refractivity contribution in [3.63, 3.8) is 0 Å². The molecule has 5 aromatic rings. The lowest BCUT2D eigenvalue weighted by atomic mass is 9.78. The maximum atomic E-state index is 12.2. The number of unbranched alkanes of at least 4 members (excludes halogenated alkanes) is 1. The minimum Gasteiger partial charge on any atom is -0.481 e. The van der Waals surface area contributed by atoms with Gasteiger partial charge in [-0.1, -0.05) is 99.5 Å². The summed E-state index contributed by atoms with van der Waals surface area (Å²) in [5.74, 6) is 0.663. The number of benzene rings is 5. The van der Waals surface area contributed by atoms with Crippen LogP contribution in [0.4, 0.5) is 11.4 Å². The monoisotopic (exact) mass is 891 g/mol. The molecule has 2 aliphatic heterocycles. The average molecular weight is 892 g/mol. The SMILES string of the molecule is CCCCN1/C(=C/C=C2\CCCC(/C=C/C3=[N+](CCC(C)S(=O)(=O)O)c4ccc5ccccc5c4C3(C)C)=C2Oc2ccc(CCC(=O)O)cc2)C(C)(C)c2c1ccc1cc(C)ccc21. The van der Waals surface area contributed by atoms with Crippen molar-refractivity contribution in [2.24, 2.45) is 0 Å². The van der Waals surface area contributed by atoms with Gasteiger partial charge in [-0.15, -0.1) is 0 Å². The van der Waals surface area contributed by atoms with Gasteiger partial charge in [0.2, 0.25) is 5.69 Å². The van der Waals surface area contributed by atoms with E-state index >= 15 is 0 Å². The number of carboxylic acids is 1. The Labute approximate surface area is 385 Å². The zero-order chi connectivity index (χ0) is 46.3. The third kappa shape index (κ3) is 9.10. The van der Waals surface area contributed by atoms with Crippen molar-refractivity contribution in [2.45, 2.75) is 116 Å². The van der Waals surface area contributed by atoms with Gasteiger partial charge in [0, 0.05) is 53.9 Å². The van der Waals surface area contributed by atoms with E-state index in [1.54, 1.807) is 6.92 Å². The highest BCUT2D eigenvalue weighted by Gasteiger charge is 2.46. The lowest BCUT2D eigenvalue weighted by Crippen LogP contribution is -2.29. The Hall–Kier alpha value is -5.77. The molecular formula is C56H63N2O6S+. The largest absolute Gasteiger partial charge is 0.481 e. The van der Waals surface area contributed by atoms with Crippen LogP contribution in [-0.2, 0) is 32.2 Å². The summed E-state index contributed by atoms with van der Waals surface area (Å²) in [7, 11) is -4.21. The van der Waals surface area contributed by atoms with Crippen LogP contribution in [-0.4, -0.2) is 52.7 Å². The van der Waals surface area contributed by atoms with E-state index in [0.717, 1.165) is 83.3 Å². The molecule has 0 aromatic heterocycles. The molecule has 0 saturated heterocycles. The third-order valence-electron chi connectivity index (χ3n) is 13.9. The molecule has 2 heterocycles. The van der Waals surface area contributed by atoms with Crippen LogP contribution in [0.15, 0.2) is 138 Å². The molecule has 8 rings (SSSR count). The maximum absolute atomic E-state index is 12.2. The van der Waals surface area contributed by atoms with Crippen LogP contribution in [0.3, 0.4) is 0 Å². The summed E-state index contributed by atoms with van der Waals surface area (Å²) < 4.78 is 43.6. The molecule has 1 atom stereocenters.